The number of fused-ring (bicyclic) bond motifs is 3. The van der Waals surface area contributed by atoms with E-state index in [1.54, 1.807) is 19.9 Å². The number of benzene rings is 3. The first kappa shape index (κ1) is 23.6. The van der Waals surface area contributed by atoms with E-state index in [1.165, 1.54) is 6.07 Å². The van der Waals surface area contributed by atoms with Gasteiger partial charge in [-0.15, -0.1) is 0 Å². The molecule has 0 atom stereocenters. The second kappa shape index (κ2) is 9.34. The van der Waals surface area contributed by atoms with Crippen molar-refractivity contribution in [3.8, 4) is 0 Å². The molecule has 0 aliphatic rings. The number of rotatable bonds is 8. The molecule has 1 heterocycles. The highest BCUT2D eigenvalue weighted by molar-refractivity contribution is 7.53. The van der Waals surface area contributed by atoms with Crippen molar-refractivity contribution in [1.29, 1.82) is 0 Å². The van der Waals surface area contributed by atoms with Gasteiger partial charge in [0.1, 0.15) is 0 Å². The first-order valence-electron chi connectivity index (χ1n) is 10.8. The van der Waals surface area contributed by atoms with Crippen molar-refractivity contribution in [2.45, 2.75) is 32.7 Å². The third kappa shape index (κ3) is 5.01. The van der Waals surface area contributed by atoms with Gasteiger partial charge in [0.05, 0.1) is 30.5 Å². The lowest BCUT2D eigenvalue weighted by Crippen LogP contribution is -2.05. The van der Waals surface area contributed by atoms with Crippen LogP contribution in [0.4, 0.5) is 13.2 Å². The summed E-state index contributed by atoms with van der Waals surface area (Å²) in [6.45, 7) is 4.53. The van der Waals surface area contributed by atoms with E-state index in [9.17, 15) is 17.7 Å². The van der Waals surface area contributed by atoms with Gasteiger partial charge in [0.25, 0.3) is 0 Å². The van der Waals surface area contributed by atoms with Crippen molar-refractivity contribution in [2.24, 2.45) is 0 Å². The topological polar surface area (TPSA) is 40.5 Å². The summed E-state index contributed by atoms with van der Waals surface area (Å²) in [4.78, 5) is 0. The van der Waals surface area contributed by atoms with E-state index in [1.807, 2.05) is 53.1 Å². The fourth-order valence-electron chi connectivity index (χ4n) is 4.07. The molecule has 0 aliphatic carbocycles. The minimum atomic E-state index is -4.41. The van der Waals surface area contributed by atoms with E-state index in [-0.39, 0.29) is 6.16 Å². The predicted octanol–water partition coefficient (Wildman–Crippen LogP) is 7.63. The highest BCUT2D eigenvalue weighted by Crippen LogP contribution is 2.51. The Morgan fingerprint density at radius 2 is 1.42 bits per heavy atom. The fourth-order valence-corrected chi connectivity index (χ4v) is 5.78. The zero-order chi connectivity index (χ0) is 23.6. The van der Waals surface area contributed by atoms with Crippen LogP contribution in [0, 0.1) is 0 Å². The Morgan fingerprint density at radius 1 is 0.818 bits per heavy atom. The van der Waals surface area contributed by atoms with E-state index < -0.39 is 19.3 Å². The van der Waals surface area contributed by atoms with Gasteiger partial charge in [-0.3, -0.25) is 4.57 Å². The van der Waals surface area contributed by atoms with Gasteiger partial charge in [0.15, 0.2) is 0 Å². The molecule has 0 spiro atoms. The zero-order valence-corrected chi connectivity index (χ0v) is 19.3. The third-order valence-corrected chi connectivity index (χ3v) is 7.55. The van der Waals surface area contributed by atoms with E-state index >= 15 is 0 Å². The van der Waals surface area contributed by atoms with Crippen molar-refractivity contribution in [1.82, 2.24) is 4.57 Å². The summed E-state index contributed by atoms with van der Waals surface area (Å²) < 4.78 is 65.5. The molecule has 1 aromatic heterocycles. The fraction of sp³-hybridized carbons (Fsp3) is 0.280. The van der Waals surface area contributed by atoms with Crippen LogP contribution in [-0.2, 0) is 32.5 Å². The molecule has 0 N–H and O–H groups in total. The van der Waals surface area contributed by atoms with Gasteiger partial charge in [0.2, 0.25) is 0 Å². The largest absolute Gasteiger partial charge is 0.416 e. The second-order valence-electron chi connectivity index (χ2n) is 7.75. The summed E-state index contributed by atoms with van der Waals surface area (Å²) in [7, 11) is -3.21. The molecule has 0 fully saturated rings. The summed E-state index contributed by atoms with van der Waals surface area (Å²) in [6.07, 6.45) is -4.24. The molecule has 0 unspecified atom stereocenters. The van der Waals surface area contributed by atoms with Crippen LogP contribution in [0.1, 0.15) is 30.5 Å². The summed E-state index contributed by atoms with van der Waals surface area (Å²) in [5.41, 5.74) is 2.46. The molecular formula is C25H25F3NO3P. The Kier molecular flexibility index (Phi) is 6.66. The van der Waals surface area contributed by atoms with Crippen molar-refractivity contribution < 1.29 is 26.8 Å². The van der Waals surface area contributed by atoms with E-state index in [4.69, 9.17) is 9.05 Å². The molecule has 4 rings (SSSR count). The quantitative estimate of drug-likeness (QED) is 0.246. The maximum atomic E-state index is 13.4. The summed E-state index contributed by atoms with van der Waals surface area (Å²) in [6, 6.07) is 19.0. The molecule has 0 saturated heterocycles. The Morgan fingerprint density at radius 3 is 2.06 bits per heavy atom. The van der Waals surface area contributed by atoms with Gasteiger partial charge in [-0.2, -0.15) is 13.2 Å². The summed E-state index contributed by atoms with van der Waals surface area (Å²) in [5, 5.41) is 1.69. The van der Waals surface area contributed by atoms with Gasteiger partial charge in [-0.05, 0) is 43.2 Å². The van der Waals surface area contributed by atoms with Crippen LogP contribution in [0.25, 0.3) is 21.8 Å². The van der Waals surface area contributed by atoms with Crippen LogP contribution in [0.2, 0.25) is 0 Å². The predicted molar refractivity (Wildman–Crippen MR) is 125 cm³/mol. The summed E-state index contributed by atoms with van der Waals surface area (Å²) >= 11 is 0. The lowest BCUT2D eigenvalue weighted by atomic mass is 10.1. The van der Waals surface area contributed by atoms with Gasteiger partial charge in [-0.25, -0.2) is 0 Å². The standard InChI is InChI=1S/C25H25F3NO3P/c1-3-31-33(30,32-4-2)17-19-11-9-18(10-12-19)16-29-23-8-6-5-7-21(23)22-14-13-20(15-24(22)29)25(26,27)28/h5-15H,3-4,16-17H2,1-2H3. The van der Waals surface area contributed by atoms with Gasteiger partial charge < -0.3 is 13.6 Å². The lowest BCUT2D eigenvalue weighted by Gasteiger charge is -2.17. The normalized spacial score (nSPS) is 12.6. The Balaban J connectivity index is 1.69. The summed E-state index contributed by atoms with van der Waals surface area (Å²) in [5.74, 6) is 0. The maximum Gasteiger partial charge on any atom is 0.416 e. The Hall–Kier alpha value is -2.60. The van der Waals surface area contributed by atoms with Crippen molar-refractivity contribution in [3.05, 3.63) is 83.4 Å². The minimum absolute atomic E-state index is 0.166. The molecule has 3 aromatic carbocycles. The average Bonchev–Trinajstić information content (AvgIpc) is 3.08. The number of aromatic nitrogens is 1. The van der Waals surface area contributed by atoms with Crippen LogP contribution >= 0.6 is 7.60 Å². The molecule has 174 valence electrons. The molecule has 0 saturated carbocycles. The molecule has 0 amide bonds. The maximum absolute atomic E-state index is 13.4. The first-order valence-corrected chi connectivity index (χ1v) is 12.5. The van der Waals surface area contributed by atoms with Crippen LogP contribution < -0.4 is 0 Å². The molecule has 0 bridgehead atoms. The lowest BCUT2D eigenvalue weighted by molar-refractivity contribution is -0.137. The number of halogens is 3. The molecule has 4 nitrogen and oxygen atoms in total. The molecule has 8 heteroatoms. The highest BCUT2D eigenvalue weighted by atomic mass is 31.2. The Bertz CT molecular complexity index is 1300. The van der Waals surface area contributed by atoms with Crippen molar-refractivity contribution in [2.75, 3.05) is 13.2 Å². The number of hydrogen-bond acceptors (Lipinski definition) is 3. The first-order chi connectivity index (χ1) is 15.7. The number of alkyl halides is 3. The molecule has 33 heavy (non-hydrogen) atoms. The molecule has 4 aromatic rings. The molecular weight excluding hydrogens is 450 g/mol. The number of nitrogens with zero attached hydrogens (tertiary/aromatic N) is 1. The van der Waals surface area contributed by atoms with Gasteiger partial charge in [0, 0.05) is 22.8 Å². The second-order valence-corrected chi connectivity index (χ2v) is 9.81. The molecule has 0 aliphatic heterocycles. The van der Waals surface area contributed by atoms with Gasteiger partial charge >= 0.3 is 13.8 Å². The van der Waals surface area contributed by atoms with E-state index in [2.05, 4.69) is 0 Å². The smallest absolute Gasteiger partial charge is 0.336 e. The van der Waals surface area contributed by atoms with Crippen LogP contribution in [-0.4, -0.2) is 17.8 Å². The van der Waals surface area contributed by atoms with E-state index in [0.29, 0.717) is 25.3 Å². The average molecular weight is 475 g/mol. The van der Waals surface area contributed by atoms with E-state index in [0.717, 1.165) is 33.5 Å². The van der Waals surface area contributed by atoms with Crippen LogP contribution in [0.15, 0.2) is 66.7 Å². The number of para-hydroxylation sites is 1. The van der Waals surface area contributed by atoms with Crippen molar-refractivity contribution in [3.63, 3.8) is 0 Å². The molecule has 0 radical (unpaired) electrons. The number of hydrogen-bond donors (Lipinski definition) is 0. The zero-order valence-electron chi connectivity index (χ0n) is 18.4. The Labute approximate surface area is 190 Å². The van der Waals surface area contributed by atoms with Gasteiger partial charge in [-0.1, -0.05) is 48.5 Å². The highest BCUT2D eigenvalue weighted by Gasteiger charge is 2.31. The van der Waals surface area contributed by atoms with Crippen LogP contribution in [0.5, 0.6) is 0 Å². The minimum Gasteiger partial charge on any atom is -0.336 e. The third-order valence-electron chi connectivity index (χ3n) is 5.49. The van der Waals surface area contributed by atoms with Crippen LogP contribution in [0.3, 0.4) is 0 Å². The van der Waals surface area contributed by atoms with Crippen molar-refractivity contribution >= 4 is 29.4 Å². The SMILES string of the molecule is CCOP(=O)(Cc1ccc(Cn2c3ccccc3c3ccc(C(F)(F)F)cc32)cc1)OCC. The monoisotopic (exact) mass is 475 g/mol.